The van der Waals surface area contributed by atoms with Crippen LogP contribution in [0.25, 0.3) is 0 Å². The normalized spacial score (nSPS) is 11.0. The van der Waals surface area contributed by atoms with Crippen LogP contribution in [-0.2, 0) is 9.53 Å². The lowest BCUT2D eigenvalue weighted by Crippen LogP contribution is -2.45. The van der Waals surface area contributed by atoms with E-state index in [0.29, 0.717) is 16.8 Å². The smallest absolute Gasteiger partial charge is 0.340 e. The molecule has 1 aromatic heterocycles. The van der Waals surface area contributed by atoms with Gasteiger partial charge in [0.15, 0.2) is 0 Å². The van der Waals surface area contributed by atoms with Crippen molar-refractivity contribution in [2.75, 3.05) is 13.2 Å². The van der Waals surface area contributed by atoms with Gasteiger partial charge in [0.05, 0.1) is 18.7 Å². The number of aromatic nitrogens is 1. The van der Waals surface area contributed by atoms with E-state index in [1.165, 1.54) is 0 Å². The summed E-state index contributed by atoms with van der Waals surface area (Å²) in [7, 11) is 0. The number of hydrogen-bond donors (Lipinski definition) is 3. The zero-order valence-electron chi connectivity index (χ0n) is 14.5. The Morgan fingerprint density at radius 1 is 1.17 bits per heavy atom. The number of amides is 2. The van der Waals surface area contributed by atoms with E-state index in [-0.39, 0.29) is 30.3 Å². The lowest BCUT2D eigenvalue weighted by Gasteiger charge is -2.20. The molecule has 0 saturated carbocycles. The molecule has 7 nitrogen and oxygen atoms in total. The van der Waals surface area contributed by atoms with Crippen molar-refractivity contribution in [1.29, 1.82) is 0 Å². The van der Waals surface area contributed by atoms with Crippen LogP contribution in [0.1, 0.15) is 59.8 Å². The Morgan fingerprint density at radius 3 is 2.30 bits per heavy atom. The first-order valence-electron chi connectivity index (χ1n) is 7.52. The maximum Gasteiger partial charge on any atom is 0.340 e. The van der Waals surface area contributed by atoms with E-state index in [2.05, 4.69) is 15.6 Å². The second-order valence-corrected chi connectivity index (χ2v) is 6.33. The van der Waals surface area contributed by atoms with E-state index in [4.69, 9.17) is 4.74 Å². The minimum absolute atomic E-state index is 0.137. The van der Waals surface area contributed by atoms with Crippen LogP contribution in [0, 0.1) is 13.8 Å². The molecule has 1 rings (SSSR count). The van der Waals surface area contributed by atoms with Crippen molar-refractivity contribution >= 4 is 17.8 Å². The van der Waals surface area contributed by atoms with Crippen LogP contribution in [-0.4, -0.2) is 41.5 Å². The van der Waals surface area contributed by atoms with E-state index in [9.17, 15) is 14.4 Å². The second-order valence-electron chi connectivity index (χ2n) is 6.33. The van der Waals surface area contributed by atoms with E-state index in [1.54, 1.807) is 20.8 Å². The van der Waals surface area contributed by atoms with E-state index in [1.807, 2.05) is 20.8 Å². The van der Waals surface area contributed by atoms with Crippen molar-refractivity contribution in [2.45, 2.75) is 47.1 Å². The summed E-state index contributed by atoms with van der Waals surface area (Å²) in [4.78, 5) is 38.7. The topological polar surface area (TPSA) is 100 Å². The molecule has 0 bridgehead atoms. The molecule has 0 unspecified atom stereocenters. The van der Waals surface area contributed by atoms with Crippen molar-refractivity contribution in [1.82, 2.24) is 15.6 Å². The Labute approximate surface area is 136 Å². The molecule has 0 aromatic carbocycles. The summed E-state index contributed by atoms with van der Waals surface area (Å²) in [5.74, 6) is -1.19. The molecule has 0 radical (unpaired) electrons. The van der Waals surface area contributed by atoms with Gasteiger partial charge in [-0.1, -0.05) is 0 Å². The van der Waals surface area contributed by atoms with Gasteiger partial charge in [-0.15, -0.1) is 0 Å². The summed E-state index contributed by atoms with van der Waals surface area (Å²) >= 11 is 0. The van der Waals surface area contributed by atoms with Gasteiger partial charge in [0.1, 0.15) is 5.69 Å². The summed E-state index contributed by atoms with van der Waals surface area (Å²) in [5.41, 5.74) is 1.32. The fourth-order valence-electron chi connectivity index (χ4n) is 2.20. The van der Waals surface area contributed by atoms with Gasteiger partial charge in [0.2, 0.25) is 5.91 Å². The maximum absolute atomic E-state index is 12.2. The molecule has 3 N–H and O–H groups in total. The van der Waals surface area contributed by atoms with Crippen molar-refractivity contribution < 1.29 is 19.1 Å². The third-order valence-electron chi connectivity index (χ3n) is 3.07. The van der Waals surface area contributed by atoms with E-state index < -0.39 is 11.9 Å². The number of esters is 1. The van der Waals surface area contributed by atoms with Gasteiger partial charge >= 0.3 is 5.97 Å². The fraction of sp³-hybridized carbons (Fsp3) is 0.562. The van der Waals surface area contributed by atoms with Gasteiger partial charge in [-0.2, -0.15) is 0 Å². The van der Waals surface area contributed by atoms with Crippen LogP contribution in [0.2, 0.25) is 0 Å². The highest BCUT2D eigenvalue weighted by molar-refractivity contribution is 6.01. The molecule has 0 aliphatic rings. The van der Waals surface area contributed by atoms with Crippen molar-refractivity contribution in [3.63, 3.8) is 0 Å². The number of rotatable bonds is 5. The first-order valence-corrected chi connectivity index (χ1v) is 7.52. The summed E-state index contributed by atoms with van der Waals surface area (Å²) in [6.07, 6.45) is 0. The molecule has 0 atom stereocenters. The third kappa shape index (κ3) is 5.12. The van der Waals surface area contributed by atoms with Crippen LogP contribution in [0.4, 0.5) is 0 Å². The highest BCUT2D eigenvalue weighted by Crippen LogP contribution is 2.19. The van der Waals surface area contributed by atoms with Crippen molar-refractivity contribution in [3.8, 4) is 0 Å². The van der Waals surface area contributed by atoms with E-state index >= 15 is 0 Å². The standard InChI is InChI=1S/C16H25N3O4/c1-7-23-15(22)12-9(2)13(18-10(12)3)14(21)17-8-11(20)19-16(4,5)6/h18H,7-8H2,1-6H3,(H,17,21)(H,19,20). The predicted octanol–water partition coefficient (Wildman–Crippen LogP) is 1.45. The fourth-order valence-corrected chi connectivity index (χ4v) is 2.20. The molecule has 7 heteroatoms. The van der Waals surface area contributed by atoms with Gasteiger partial charge in [-0.25, -0.2) is 4.79 Å². The van der Waals surface area contributed by atoms with Gasteiger partial charge in [-0.05, 0) is 47.1 Å². The number of carbonyl (C=O) groups is 3. The van der Waals surface area contributed by atoms with Crippen LogP contribution in [0.5, 0.6) is 0 Å². The van der Waals surface area contributed by atoms with E-state index in [0.717, 1.165) is 0 Å². The lowest BCUT2D eigenvalue weighted by molar-refractivity contribution is -0.121. The number of hydrogen-bond acceptors (Lipinski definition) is 4. The van der Waals surface area contributed by atoms with Gasteiger partial charge < -0.3 is 20.4 Å². The Balaban J connectivity index is 2.80. The SMILES string of the molecule is CCOC(=O)c1c(C)[nH]c(C(=O)NCC(=O)NC(C)(C)C)c1C. The molecular formula is C16H25N3O4. The monoisotopic (exact) mass is 323 g/mol. The Kier molecular flexibility index (Phi) is 5.95. The van der Waals surface area contributed by atoms with Crippen LogP contribution in [0.15, 0.2) is 0 Å². The largest absolute Gasteiger partial charge is 0.462 e. The second kappa shape index (κ2) is 7.30. The summed E-state index contributed by atoms with van der Waals surface area (Å²) in [6, 6.07) is 0. The van der Waals surface area contributed by atoms with Crippen LogP contribution < -0.4 is 10.6 Å². The molecule has 2 amide bonds. The number of nitrogens with one attached hydrogen (secondary N) is 3. The average Bonchev–Trinajstić information content (AvgIpc) is 2.69. The minimum Gasteiger partial charge on any atom is -0.462 e. The lowest BCUT2D eigenvalue weighted by atomic mass is 10.1. The average molecular weight is 323 g/mol. The molecule has 1 heterocycles. The first-order chi connectivity index (χ1) is 10.6. The predicted molar refractivity (Wildman–Crippen MR) is 86.5 cm³/mol. The Bertz CT molecular complexity index is 612. The molecule has 0 aliphatic heterocycles. The maximum atomic E-state index is 12.2. The van der Waals surface area contributed by atoms with Gasteiger partial charge in [-0.3, -0.25) is 9.59 Å². The Hall–Kier alpha value is -2.31. The van der Waals surface area contributed by atoms with Crippen molar-refractivity contribution in [3.05, 3.63) is 22.5 Å². The molecule has 0 fully saturated rings. The Morgan fingerprint density at radius 2 is 1.78 bits per heavy atom. The highest BCUT2D eigenvalue weighted by Gasteiger charge is 2.23. The number of H-pyrrole nitrogens is 1. The number of aryl methyl sites for hydroxylation is 1. The van der Waals surface area contributed by atoms with Gasteiger partial charge in [0.25, 0.3) is 5.91 Å². The molecule has 0 aliphatic carbocycles. The summed E-state index contributed by atoms with van der Waals surface area (Å²) < 4.78 is 4.98. The van der Waals surface area contributed by atoms with Crippen LogP contribution in [0.3, 0.4) is 0 Å². The number of ether oxygens (including phenoxy) is 1. The molecule has 128 valence electrons. The van der Waals surface area contributed by atoms with Crippen LogP contribution >= 0.6 is 0 Å². The summed E-state index contributed by atoms with van der Waals surface area (Å²) in [6.45, 7) is 10.8. The summed E-state index contributed by atoms with van der Waals surface area (Å²) in [5, 5.41) is 5.29. The molecule has 23 heavy (non-hydrogen) atoms. The third-order valence-corrected chi connectivity index (χ3v) is 3.07. The molecule has 0 spiro atoms. The zero-order valence-corrected chi connectivity index (χ0v) is 14.5. The number of carbonyl (C=O) groups excluding carboxylic acids is 3. The quantitative estimate of drug-likeness (QED) is 0.714. The van der Waals surface area contributed by atoms with Gasteiger partial charge in [0, 0.05) is 11.2 Å². The minimum atomic E-state index is -0.469. The molecule has 0 saturated heterocycles. The highest BCUT2D eigenvalue weighted by atomic mass is 16.5. The number of aromatic amines is 1. The first kappa shape index (κ1) is 18.7. The zero-order chi connectivity index (χ0) is 17.8. The molecular weight excluding hydrogens is 298 g/mol. The molecule has 1 aromatic rings. The van der Waals surface area contributed by atoms with Crippen molar-refractivity contribution in [2.24, 2.45) is 0 Å².